The highest BCUT2D eigenvalue weighted by Crippen LogP contribution is 2.45. The largest absolute Gasteiger partial charge is 0.472 e. The molecule has 0 aliphatic heterocycles. The molecule has 456 valence electrons. The summed E-state index contributed by atoms with van der Waals surface area (Å²) < 4.78 is 67.5. The van der Waals surface area contributed by atoms with Gasteiger partial charge in [-0.3, -0.25) is 37.3 Å². The average Bonchev–Trinajstić information content (AvgIpc) is 3.40. The highest BCUT2D eigenvalue weighted by atomic mass is 31.2. The quantitative estimate of drug-likeness (QED) is 0.0222. The average molecular weight is 1140 g/mol. The molecule has 0 saturated heterocycles. The van der Waals surface area contributed by atoms with Crippen molar-refractivity contribution in [3.8, 4) is 0 Å². The highest BCUT2D eigenvalue weighted by molar-refractivity contribution is 7.47. The van der Waals surface area contributed by atoms with Crippen molar-refractivity contribution in [3.05, 3.63) is 0 Å². The molecule has 0 spiro atoms. The molecule has 0 aromatic carbocycles. The van der Waals surface area contributed by atoms with Crippen LogP contribution in [0.25, 0.3) is 0 Å². The summed E-state index contributed by atoms with van der Waals surface area (Å²) in [6.07, 6.45) is 33.6. The van der Waals surface area contributed by atoms with Gasteiger partial charge in [0.2, 0.25) is 0 Å². The summed E-state index contributed by atoms with van der Waals surface area (Å²) >= 11 is 0. The van der Waals surface area contributed by atoms with E-state index in [0.29, 0.717) is 25.7 Å². The Labute approximate surface area is 467 Å². The molecule has 0 bridgehead atoms. The number of phosphoric acid groups is 2. The summed E-state index contributed by atoms with van der Waals surface area (Å²) in [6.45, 7) is 7.06. The predicted octanol–water partition coefficient (Wildman–Crippen LogP) is 15.5. The number of hydrogen-bond donors (Lipinski definition) is 3. The molecule has 0 heterocycles. The smallest absolute Gasteiger partial charge is 0.462 e. The monoisotopic (exact) mass is 1140 g/mol. The molecule has 17 nitrogen and oxygen atoms in total. The minimum Gasteiger partial charge on any atom is -0.462 e. The number of unbranched alkanes of at least 4 members (excludes halogenated alkanes) is 29. The zero-order chi connectivity index (χ0) is 57.1. The number of aliphatic hydroxyl groups is 1. The van der Waals surface area contributed by atoms with E-state index in [1.165, 1.54) is 83.5 Å². The van der Waals surface area contributed by atoms with Crippen LogP contribution >= 0.6 is 15.6 Å². The van der Waals surface area contributed by atoms with E-state index in [-0.39, 0.29) is 25.7 Å². The van der Waals surface area contributed by atoms with Crippen molar-refractivity contribution in [2.24, 2.45) is 5.92 Å². The molecule has 0 aliphatic rings. The first-order valence-corrected chi connectivity index (χ1v) is 33.7. The molecule has 0 saturated carbocycles. The Morgan fingerprint density at radius 1 is 0.364 bits per heavy atom. The summed E-state index contributed by atoms with van der Waals surface area (Å²) in [5, 5.41) is 10.5. The van der Waals surface area contributed by atoms with Crippen LogP contribution in [-0.4, -0.2) is 96.7 Å². The van der Waals surface area contributed by atoms with Gasteiger partial charge < -0.3 is 33.8 Å². The fourth-order valence-electron chi connectivity index (χ4n) is 8.49. The van der Waals surface area contributed by atoms with E-state index in [2.05, 4.69) is 34.6 Å². The molecule has 19 heteroatoms. The van der Waals surface area contributed by atoms with Gasteiger partial charge in [0.1, 0.15) is 19.3 Å². The van der Waals surface area contributed by atoms with E-state index in [0.717, 1.165) is 121 Å². The molecule has 0 fully saturated rings. The van der Waals surface area contributed by atoms with Crippen molar-refractivity contribution >= 4 is 39.5 Å². The molecule has 6 atom stereocenters. The molecule has 0 radical (unpaired) electrons. The molecule has 3 N–H and O–H groups in total. The SMILES string of the molecule is CCCCCCCCCCCCCC(=O)OC[C@H](COP(=O)(O)OC[C@@H](O)COP(=O)(O)OC[C@@H](COC(=O)CCCCCCCCC)OC(=O)CCCCCCCCC)OC(=O)CCCCCCCCCCC(C)CC. The van der Waals surface area contributed by atoms with Gasteiger partial charge in [-0.25, -0.2) is 9.13 Å². The number of carbonyl (C=O) groups excluding carboxylic acids is 4. The van der Waals surface area contributed by atoms with E-state index in [1.807, 2.05) is 0 Å². The van der Waals surface area contributed by atoms with Gasteiger partial charge in [-0.2, -0.15) is 0 Å². The Kier molecular flexibility index (Phi) is 50.8. The number of phosphoric ester groups is 2. The minimum atomic E-state index is -4.94. The topological polar surface area (TPSA) is 237 Å². The number of esters is 4. The summed E-state index contributed by atoms with van der Waals surface area (Å²) in [7, 11) is -9.86. The van der Waals surface area contributed by atoms with Crippen LogP contribution in [0.1, 0.15) is 285 Å². The Bertz CT molecular complexity index is 1520. The first-order chi connectivity index (χ1) is 37.1. The van der Waals surface area contributed by atoms with Crippen molar-refractivity contribution in [1.29, 1.82) is 0 Å². The maximum absolute atomic E-state index is 12.9. The Balaban J connectivity index is 5.20. The second kappa shape index (κ2) is 52.2. The maximum atomic E-state index is 12.9. The van der Waals surface area contributed by atoms with Gasteiger partial charge >= 0.3 is 39.5 Å². The lowest BCUT2D eigenvalue weighted by atomic mass is 9.99. The normalized spacial score (nSPS) is 14.8. The summed E-state index contributed by atoms with van der Waals surface area (Å²) in [6, 6.07) is 0. The number of rotatable bonds is 58. The van der Waals surface area contributed by atoms with Crippen molar-refractivity contribution < 1.29 is 80.2 Å². The molecule has 77 heavy (non-hydrogen) atoms. The predicted molar refractivity (Wildman–Crippen MR) is 303 cm³/mol. The van der Waals surface area contributed by atoms with Crippen LogP contribution in [0.2, 0.25) is 0 Å². The van der Waals surface area contributed by atoms with E-state index in [4.69, 9.17) is 37.0 Å². The van der Waals surface area contributed by atoms with E-state index in [9.17, 15) is 43.2 Å². The van der Waals surface area contributed by atoms with Crippen LogP contribution in [0.15, 0.2) is 0 Å². The fraction of sp³-hybridized carbons (Fsp3) is 0.931. The number of hydrogen-bond acceptors (Lipinski definition) is 15. The second-order valence-corrected chi connectivity index (χ2v) is 24.2. The lowest BCUT2D eigenvalue weighted by Crippen LogP contribution is -2.30. The van der Waals surface area contributed by atoms with Gasteiger partial charge in [0.25, 0.3) is 0 Å². The van der Waals surface area contributed by atoms with Crippen molar-refractivity contribution in [2.45, 2.75) is 303 Å². The zero-order valence-electron chi connectivity index (χ0n) is 49.1. The van der Waals surface area contributed by atoms with Gasteiger partial charge in [-0.1, -0.05) is 234 Å². The molecule has 0 rings (SSSR count). The third-order valence-corrected chi connectivity index (χ3v) is 15.5. The molecule has 0 aromatic rings. The van der Waals surface area contributed by atoms with Crippen molar-refractivity contribution in [3.63, 3.8) is 0 Å². The lowest BCUT2D eigenvalue weighted by Gasteiger charge is -2.21. The van der Waals surface area contributed by atoms with Gasteiger partial charge in [-0.15, -0.1) is 0 Å². The number of ether oxygens (including phenoxy) is 4. The highest BCUT2D eigenvalue weighted by Gasteiger charge is 2.30. The number of carbonyl (C=O) groups is 4. The third-order valence-electron chi connectivity index (χ3n) is 13.6. The second-order valence-electron chi connectivity index (χ2n) is 21.3. The fourth-order valence-corrected chi connectivity index (χ4v) is 10.1. The van der Waals surface area contributed by atoms with Crippen molar-refractivity contribution in [1.82, 2.24) is 0 Å². The summed E-state index contributed by atoms with van der Waals surface area (Å²) in [5.74, 6) is -1.38. The van der Waals surface area contributed by atoms with Crippen LogP contribution in [0, 0.1) is 5.92 Å². The zero-order valence-corrected chi connectivity index (χ0v) is 50.9. The summed E-state index contributed by atoms with van der Waals surface area (Å²) in [5.41, 5.74) is 0. The maximum Gasteiger partial charge on any atom is 0.472 e. The molecule has 3 unspecified atom stereocenters. The molecular formula is C58H112O17P2. The summed E-state index contributed by atoms with van der Waals surface area (Å²) in [4.78, 5) is 71.7. The minimum absolute atomic E-state index is 0.103. The van der Waals surface area contributed by atoms with Crippen LogP contribution in [0.3, 0.4) is 0 Å². The first-order valence-electron chi connectivity index (χ1n) is 30.7. The van der Waals surface area contributed by atoms with Crippen LogP contribution in [0.5, 0.6) is 0 Å². The molecule has 0 amide bonds. The van der Waals surface area contributed by atoms with Gasteiger partial charge in [-0.05, 0) is 31.6 Å². The van der Waals surface area contributed by atoms with Gasteiger partial charge in [0.15, 0.2) is 12.2 Å². The van der Waals surface area contributed by atoms with E-state index < -0.39 is 97.5 Å². The van der Waals surface area contributed by atoms with Crippen molar-refractivity contribution in [2.75, 3.05) is 39.6 Å². The van der Waals surface area contributed by atoms with E-state index >= 15 is 0 Å². The van der Waals surface area contributed by atoms with Crippen LogP contribution in [-0.2, 0) is 65.4 Å². The molecule has 0 aromatic heterocycles. The lowest BCUT2D eigenvalue weighted by molar-refractivity contribution is -0.161. The Morgan fingerprint density at radius 2 is 0.623 bits per heavy atom. The third kappa shape index (κ3) is 51.9. The number of aliphatic hydroxyl groups excluding tert-OH is 1. The molecule has 0 aliphatic carbocycles. The van der Waals surface area contributed by atoms with Gasteiger partial charge in [0.05, 0.1) is 26.4 Å². The Morgan fingerprint density at radius 3 is 0.922 bits per heavy atom. The standard InChI is InChI=1S/C58H112O17P2/c1-6-10-13-16-19-20-21-22-28-32-37-42-56(61)69-48-54(75-58(63)44-39-34-29-24-23-27-30-35-40-51(5)9-4)50-73-77(66,67)71-46-52(59)45-70-76(64,65)72-49-53(74-57(62)43-38-33-26-18-15-12-8-3)47-68-55(60)41-36-31-25-17-14-11-7-2/h51-54,59H,6-50H2,1-5H3,(H,64,65)(H,66,67)/t51?,52-,53+,54+/m0/s1. The van der Waals surface area contributed by atoms with Crippen LogP contribution < -0.4 is 0 Å². The molecular weight excluding hydrogens is 1030 g/mol. The van der Waals surface area contributed by atoms with Crippen LogP contribution in [0.4, 0.5) is 0 Å². The van der Waals surface area contributed by atoms with E-state index in [1.54, 1.807) is 0 Å². The first kappa shape index (κ1) is 75.1. The van der Waals surface area contributed by atoms with Gasteiger partial charge in [0, 0.05) is 25.7 Å². The Hall–Kier alpha value is -1.94.